The summed E-state index contributed by atoms with van der Waals surface area (Å²) in [6.45, 7) is 0. The molecule has 0 aliphatic rings. The van der Waals surface area contributed by atoms with Crippen molar-refractivity contribution in [3.05, 3.63) is 94.0 Å². The lowest BCUT2D eigenvalue weighted by molar-refractivity contribution is -0.384. The Morgan fingerprint density at radius 3 is 2.48 bits per heavy atom. The minimum absolute atomic E-state index is 0.0718. The number of amides is 2. The summed E-state index contributed by atoms with van der Waals surface area (Å²) in [6, 6.07) is 18.8. The van der Waals surface area contributed by atoms with E-state index < -0.39 is 16.7 Å². The van der Waals surface area contributed by atoms with E-state index in [2.05, 4.69) is 10.9 Å². The molecule has 0 aliphatic carbocycles. The highest BCUT2D eigenvalue weighted by Crippen LogP contribution is 2.19. The lowest BCUT2D eigenvalue weighted by atomic mass is 10.0. The van der Waals surface area contributed by atoms with Crippen LogP contribution in [0.4, 0.5) is 5.69 Å². The van der Waals surface area contributed by atoms with E-state index in [4.69, 9.17) is 0 Å². The zero-order chi connectivity index (χ0) is 19.2. The first kappa shape index (κ1) is 17.8. The number of nitro benzene ring substituents is 1. The van der Waals surface area contributed by atoms with Crippen LogP contribution < -0.4 is 10.9 Å². The van der Waals surface area contributed by atoms with Crippen molar-refractivity contribution in [3.8, 4) is 0 Å². The molecule has 0 bridgehead atoms. The van der Waals surface area contributed by atoms with Gasteiger partial charge < -0.3 is 0 Å². The number of nitrogens with one attached hydrogen (secondary N) is 2. The number of hydrazine groups is 1. The number of carbonyl (C=O) groups is 2. The van der Waals surface area contributed by atoms with E-state index in [0.717, 1.165) is 22.4 Å². The molecule has 3 aromatic carbocycles. The molecule has 0 aliphatic heterocycles. The molecule has 3 aromatic rings. The van der Waals surface area contributed by atoms with Gasteiger partial charge in [0.2, 0.25) is 0 Å². The normalized spacial score (nSPS) is 10.7. The van der Waals surface area contributed by atoms with Crippen molar-refractivity contribution in [2.45, 2.75) is 0 Å². The van der Waals surface area contributed by atoms with Gasteiger partial charge in [0, 0.05) is 23.8 Å². The van der Waals surface area contributed by atoms with Crippen LogP contribution in [0.3, 0.4) is 0 Å². The maximum absolute atomic E-state index is 12.0. The van der Waals surface area contributed by atoms with Gasteiger partial charge in [0.25, 0.3) is 17.5 Å². The van der Waals surface area contributed by atoms with Gasteiger partial charge in [-0.2, -0.15) is 0 Å². The van der Waals surface area contributed by atoms with Gasteiger partial charge in [0.15, 0.2) is 0 Å². The highest BCUT2D eigenvalue weighted by atomic mass is 16.6. The first-order valence-corrected chi connectivity index (χ1v) is 8.05. The predicted molar refractivity (Wildman–Crippen MR) is 102 cm³/mol. The molecule has 27 heavy (non-hydrogen) atoms. The second kappa shape index (κ2) is 7.92. The summed E-state index contributed by atoms with van der Waals surface area (Å²) < 4.78 is 0. The molecule has 0 fully saturated rings. The molecular formula is C20H15N3O4. The second-order valence-corrected chi connectivity index (χ2v) is 5.65. The fraction of sp³-hybridized carbons (Fsp3) is 0. The Bertz CT molecular complexity index is 1050. The predicted octanol–water partition coefficient (Wildman–Crippen LogP) is 3.22. The highest BCUT2D eigenvalue weighted by molar-refractivity contribution is 5.99. The van der Waals surface area contributed by atoms with Crippen LogP contribution in [0.5, 0.6) is 0 Å². The Hall–Kier alpha value is -4.00. The molecule has 0 heterocycles. The van der Waals surface area contributed by atoms with Gasteiger partial charge >= 0.3 is 0 Å². The summed E-state index contributed by atoms with van der Waals surface area (Å²) in [7, 11) is 0. The molecule has 2 amide bonds. The number of fused-ring (bicyclic) bond motifs is 1. The SMILES string of the molecule is O=C(C=Cc1cccc2ccccc12)NNC(=O)c1cccc([N+](=O)[O-])c1. The fourth-order valence-electron chi connectivity index (χ4n) is 2.55. The van der Waals surface area contributed by atoms with Crippen molar-refractivity contribution in [2.24, 2.45) is 0 Å². The van der Waals surface area contributed by atoms with Crippen molar-refractivity contribution in [3.63, 3.8) is 0 Å². The number of hydrogen-bond donors (Lipinski definition) is 2. The fourth-order valence-corrected chi connectivity index (χ4v) is 2.55. The number of nitrogens with zero attached hydrogens (tertiary/aromatic N) is 1. The van der Waals surface area contributed by atoms with E-state index in [0.29, 0.717) is 0 Å². The Morgan fingerprint density at radius 1 is 0.926 bits per heavy atom. The molecule has 0 aromatic heterocycles. The average Bonchev–Trinajstić information content (AvgIpc) is 2.70. The molecule has 0 saturated carbocycles. The van der Waals surface area contributed by atoms with E-state index in [1.54, 1.807) is 6.08 Å². The molecule has 0 atom stereocenters. The first-order chi connectivity index (χ1) is 13.0. The number of hydrogen-bond acceptors (Lipinski definition) is 4. The maximum Gasteiger partial charge on any atom is 0.270 e. The molecule has 134 valence electrons. The maximum atomic E-state index is 12.0. The second-order valence-electron chi connectivity index (χ2n) is 5.65. The van der Waals surface area contributed by atoms with Gasteiger partial charge in [-0.05, 0) is 28.5 Å². The summed E-state index contributed by atoms with van der Waals surface area (Å²) in [6.07, 6.45) is 2.95. The highest BCUT2D eigenvalue weighted by Gasteiger charge is 2.11. The number of benzene rings is 3. The van der Waals surface area contributed by atoms with Crippen LogP contribution >= 0.6 is 0 Å². The van der Waals surface area contributed by atoms with E-state index in [-0.39, 0.29) is 11.3 Å². The van der Waals surface area contributed by atoms with E-state index in [9.17, 15) is 19.7 Å². The third-order valence-electron chi connectivity index (χ3n) is 3.86. The number of non-ortho nitro benzene ring substituents is 1. The van der Waals surface area contributed by atoms with Crippen LogP contribution in [-0.2, 0) is 4.79 Å². The van der Waals surface area contributed by atoms with Gasteiger partial charge in [-0.25, -0.2) is 0 Å². The third-order valence-corrected chi connectivity index (χ3v) is 3.86. The summed E-state index contributed by atoms with van der Waals surface area (Å²) in [4.78, 5) is 34.1. The Labute approximate surface area is 154 Å². The van der Waals surface area contributed by atoms with E-state index >= 15 is 0 Å². The van der Waals surface area contributed by atoms with Crippen molar-refractivity contribution in [2.75, 3.05) is 0 Å². The van der Waals surface area contributed by atoms with Crippen LogP contribution in [0.2, 0.25) is 0 Å². The topological polar surface area (TPSA) is 101 Å². The van der Waals surface area contributed by atoms with Gasteiger partial charge in [0.1, 0.15) is 0 Å². The zero-order valence-electron chi connectivity index (χ0n) is 14.1. The van der Waals surface area contributed by atoms with Crippen molar-refractivity contribution in [1.82, 2.24) is 10.9 Å². The van der Waals surface area contributed by atoms with Gasteiger partial charge in [-0.1, -0.05) is 48.5 Å². The number of carbonyl (C=O) groups excluding carboxylic acids is 2. The van der Waals surface area contributed by atoms with E-state index in [1.807, 2.05) is 42.5 Å². The largest absolute Gasteiger partial charge is 0.270 e. The quantitative estimate of drug-likeness (QED) is 0.423. The third kappa shape index (κ3) is 4.35. The summed E-state index contributed by atoms with van der Waals surface area (Å²) in [5.74, 6) is -1.17. The molecule has 7 nitrogen and oxygen atoms in total. The molecule has 0 spiro atoms. The first-order valence-electron chi connectivity index (χ1n) is 8.05. The number of rotatable bonds is 4. The average molecular weight is 361 g/mol. The van der Waals surface area contributed by atoms with Gasteiger partial charge in [-0.15, -0.1) is 0 Å². The molecule has 0 unspecified atom stereocenters. The van der Waals surface area contributed by atoms with Crippen molar-refractivity contribution in [1.29, 1.82) is 0 Å². The van der Waals surface area contributed by atoms with E-state index in [1.165, 1.54) is 24.3 Å². The zero-order valence-corrected chi connectivity index (χ0v) is 14.1. The Kier molecular flexibility index (Phi) is 5.22. The van der Waals surface area contributed by atoms with Crippen LogP contribution in [0.15, 0.2) is 72.8 Å². The van der Waals surface area contributed by atoms with Crippen LogP contribution in [0.25, 0.3) is 16.8 Å². The smallest absolute Gasteiger partial charge is 0.268 e. The molecule has 0 radical (unpaired) electrons. The van der Waals surface area contributed by atoms with Crippen LogP contribution in [-0.4, -0.2) is 16.7 Å². The van der Waals surface area contributed by atoms with Gasteiger partial charge in [0.05, 0.1) is 4.92 Å². The molecule has 7 heteroatoms. The lowest BCUT2D eigenvalue weighted by Gasteiger charge is -2.05. The van der Waals surface area contributed by atoms with Crippen molar-refractivity contribution < 1.29 is 14.5 Å². The van der Waals surface area contributed by atoms with Gasteiger partial charge in [-0.3, -0.25) is 30.6 Å². The Balaban J connectivity index is 1.64. The van der Waals surface area contributed by atoms with Crippen LogP contribution in [0, 0.1) is 10.1 Å². The minimum atomic E-state index is -0.648. The van der Waals surface area contributed by atoms with Crippen LogP contribution in [0.1, 0.15) is 15.9 Å². The lowest BCUT2D eigenvalue weighted by Crippen LogP contribution is -2.40. The molecule has 3 rings (SSSR count). The summed E-state index contributed by atoms with van der Waals surface area (Å²) in [5.41, 5.74) is 5.22. The standard InChI is InChI=1S/C20H15N3O4/c24-19(12-11-15-7-3-6-14-5-1-2-10-18(14)15)21-22-20(25)16-8-4-9-17(13-16)23(26)27/h1-13H,(H,21,24)(H,22,25). The minimum Gasteiger partial charge on any atom is -0.268 e. The number of nitro groups is 1. The molecule has 2 N–H and O–H groups in total. The summed E-state index contributed by atoms with van der Waals surface area (Å²) in [5, 5.41) is 12.8. The van der Waals surface area contributed by atoms with Crippen molar-refractivity contribution >= 4 is 34.4 Å². The monoisotopic (exact) mass is 361 g/mol. The Morgan fingerprint density at radius 2 is 1.67 bits per heavy atom. The molecule has 0 saturated heterocycles. The molecular weight excluding hydrogens is 346 g/mol. The summed E-state index contributed by atoms with van der Waals surface area (Å²) >= 11 is 0.